The van der Waals surface area contributed by atoms with E-state index in [1.807, 2.05) is 24.5 Å². The van der Waals surface area contributed by atoms with E-state index in [9.17, 15) is 4.79 Å². The Balaban J connectivity index is 1.69. The van der Waals surface area contributed by atoms with Crippen molar-refractivity contribution in [3.05, 3.63) is 78.6 Å². The largest absolute Gasteiger partial charge is 0.385 e. The molecule has 0 unspecified atom stereocenters. The van der Waals surface area contributed by atoms with Crippen molar-refractivity contribution in [3.8, 4) is 11.1 Å². The third-order valence-electron chi connectivity index (χ3n) is 5.72. The predicted molar refractivity (Wildman–Crippen MR) is 130 cm³/mol. The molecular formula is C26H30N4O3. The molecule has 7 heteroatoms. The maximum atomic E-state index is 13.1. The standard InChI is InChI=1S/C26H30N4O3/c1-32-13-6-11-28-26(31)30-18-21(25-10-5-8-20-7-3-4-9-24(20)25)15-22(30)16-23-17-27-19-29(23)12-14-33-2/h3-5,7-10,15,17-19H,6,11-14,16H2,1-2H3,(H,28,31). The molecule has 172 valence electrons. The number of ether oxygens (including phenoxy) is 2. The van der Waals surface area contributed by atoms with Crippen LogP contribution in [0.5, 0.6) is 0 Å². The lowest BCUT2D eigenvalue weighted by atomic mass is 10.00. The Hall–Kier alpha value is -3.42. The molecule has 4 aromatic rings. The maximum Gasteiger partial charge on any atom is 0.325 e. The average Bonchev–Trinajstić information content (AvgIpc) is 3.47. The molecule has 7 nitrogen and oxygen atoms in total. The van der Waals surface area contributed by atoms with Gasteiger partial charge in [0.1, 0.15) is 0 Å². The van der Waals surface area contributed by atoms with Gasteiger partial charge < -0.3 is 19.4 Å². The molecule has 2 heterocycles. The minimum absolute atomic E-state index is 0.143. The summed E-state index contributed by atoms with van der Waals surface area (Å²) in [6.45, 7) is 2.48. The number of hydrogen-bond acceptors (Lipinski definition) is 4. The van der Waals surface area contributed by atoms with E-state index in [1.165, 1.54) is 5.39 Å². The van der Waals surface area contributed by atoms with E-state index in [0.29, 0.717) is 32.7 Å². The van der Waals surface area contributed by atoms with Gasteiger partial charge in [-0.3, -0.25) is 4.57 Å². The van der Waals surface area contributed by atoms with Gasteiger partial charge >= 0.3 is 6.03 Å². The highest BCUT2D eigenvalue weighted by Gasteiger charge is 2.16. The summed E-state index contributed by atoms with van der Waals surface area (Å²) in [5, 5.41) is 5.34. The number of fused-ring (bicyclic) bond motifs is 1. The molecule has 0 atom stereocenters. The van der Waals surface area contributed by atoms with E-state index < -0.39 is 0 Å². The van der Waals surface area contributed by atoms with Crippen molar-refractivity contribution in [1.82, 2.24) is 19.4 Å². The van der Waals surface area contributed by atoms with Crippen LogP contribution in [0.15, 0.2) is 67.3 Å². The first kappa shape index (κ1) is 22.8. The molecule has 1 N–H and O–H groups in total. The summed E-state index contributed by atoms with van der Waals surface area (Å²) in [6.07, 6.45) is 6.93. The summed E-state index contributed by atoms with van der Waals surface area (Å²) in [5.74, 6) is 0. The van der Waals surface area contributed by atoms with Crippen molar-refractivity contribution in [2.45, 2.75) is 19.4 Å². The summed E-state index contributed by atoms with van der Waals surface area (Å²) in [5.41, 5.74) is 4.05. The molecule has 0 bridgehead atoms. The van der Waals surface area contributed by atoms with Crippen LogP contribution in [0.4, 0.5) is 4.79 Å². The summed E-state index contributed by atoms with van der Waals surface area (Å²) in [4.78, 5) is 17.4. The zero-order chi connectivity index (χ0) is 23.0. The summed E-state index contributed by atoms with van der Waals surface area (Å²) in [7, 11) is 3.35. The minimum Gasteiger partial charge on any atom is -0.385 e. The molecule has 0 fully saturated rings. The van der Waals surface area contributed by atoms with E-state index >= 15 is 0 Å². The number of nitrogens with zero attached hydrogens (tertiary/aromatic N) is 3. The van der Waals surface area contributed by atoms with Gasteiger partial charge in [0, 0.05) is 69.7 Å². The number of nitrogens with one attached hydrogen (secondary N) is 1. The Kier molecular flexibility index (Phi) is 7.55. The fourth-order valence-electron chi connectivity index (χ4n) is 4.03. The van der Waals surface area contributed by atoms with E-state index in [2.05, 4.69) is 51.3 Å². The predicted octanol–water partition coefficient (Wildman–Crippen LogP) is 4.34. The third-order valence-corrected chi connectivity index (χ3v) is 5.72. The SMILES string of the molecule is COCCCNC(=O)n1cc(-c2cccc3ccccc23)cc1Cc1cncn1CCOC. The van der Waals surface area contributed by atoms with Crippen molar-refractivity contribution < 1.29 is 14.3 Å². The molecule has 4 rings (SSSR count). The van der Waals surface area contributed by atoms with Crippen LogP contribution < -0.4 is 5.32 Å². The quantitative estimate of drug-likeness (QED) is 0.368. The lowest BCUT2D eigenvalue weighted by molar-refractivity contribution is 0.186. The zero-order valence-corrected chi connectivity index (χ0v) is 19.2. The van der Waals surface area contributed by atoms with Gasteiger partial charge in [-0.15, -0.1) is 0 Å². The lowest BCUT2D eigenvalue weighted by Crippen LogP contribution is -2.30. The summed E-state index contributed by atoms with van der Waals surface area (Å²) in [6, 6.07) is 16.5. The Morgan fingerprint density at radius 2 is 1.85 bits per heavy atom. The molecule has 0 saturated heterocycles. The van der Waals surface area contributed by atoms with Crippen molar-refractivity contribution in [3.63, 3.8) is 0 Å². The van der Waals surface area contributed by atoms with Gasteiger partial charge in [-0.05, 0) is 28.8 Å². The van der Waals surface area contributed by atoms with Crippen molar-refractivity contribution >= 4 is 16.8 Å². The number of carbonyl (C=O) groups excluding carboxylic acids is 1. The van der Waals surface area contributed by atoms with E-state index in [1.54, 1.807) is 25.1 Å². The van der Waals surface area contributed by atoms with Crippen LogP contribution in [-0.2, 0) is 22.4 Å². The van der Waals surface area contributed by atoms with Crippen LogP contribution >= 0.6 is 0 Å². The van der Waals surface area contributed by atoms with Gasteiger partial charge in [0.2, 0.25) is 0 Å². The number of amides is 1. The van der Waals surface area contributed by atoms with Crippen molar-refractivity contribution in [2.75, 3.05) is 34.0 Å². The molecule has 0 saturated carbocycles. The molecule has 0 aliphatic carbocycles. The van der Waals surface area contributed by atoms with Crippen molar-refractivity contribution in [2.24, 2.45) is 0 Å². The fourth-order valence-corrected chi connectivity index (χ4v) is 4.03. The molecule has 0 aliphatic heterocycles. The molecule has 2 aromatic heterocycles. The average molecular weight is 447 g/mol. The monoisotopic (exact) mass is 446 g/mol. The second-order valence-electron chi connectivity index (χ2n) is 7.94. The molecular weight excluding hydrogens is 416 g/mol. The Morgan fingerprint density at radius 3 is 2.70 bits per heavy atom. The lowest BCUT2D eigenvalue weighted by Gasteiger charge is -2.11. The molecule has 1 amide bonds. The first-order valence-corrected chi connectivity index (χ1v) is 11.2. The van der Waals surface area contributed by atoms with Gasteiger partial charge in [0.15, 0.2) is 0 Å². The Labute approximate surface area is 194 Å². The van der Waals surface area contributed by atoms with Gasteiger partial charge in [-0.1, -0.05) is 42.5 Å². The first-order valence-electron chi connectivity index (χ1n) is 11.2. The van der Waals surface area contributed by atoms with Crippen LogP contribution in [-0.4, -0.2) is 54.1 Å². The number of benzene rings is 2. The second-order valence-corrected chi connectivity index (χ2v) is 7.94. The highest BCUT2D eigenvalue weighted by molar-refractivity contribution is 5.97. The van der Waals surface area contributed by atoms with Crippen LogP contribution in [0, 0.1) is 0 Å². The number of hydrogen-bond donors (Lipinski definition) is 1. The molecule has 2 aromatic carbocycles. The molecule has 0 spiro atoms. The number of carbonyl (C=O) groups is 1. The van der Waals surface area contributed by atoms with Crippen LogP contribution in [0.1, 0.15) is 17.8 Å². The summed E-state index contributed by atoms with van der Waals surface area (Å²) < 4.78 is 14.1. The van der Waals surface area contributed by atoms with Gasteiger partial charge in [0.05, 0.1) is 12.9 Å². The van der Waals surface area contributed by atoms with Crippen LogP contribution in [0.25, 0.3) is 21.9 Å². The zero-order valence-electron chi connectivity index (χ0n) is 19.2. The smallest absolute Gasteiger partial charge is 0.325 e. The second kappa shape index (κ2) is 10.9. The molecule has 0 aliphatic rings. The highest BCUT2D eigenvalue weighted by Crippen LogP contribution is 2.30. The van der Waals surface area contributed by atoms with E-state index in [4.69, 9.17) is 9.47 Å². The van der Waals surface area contributed by atoms with Crippen LogP contribution in [0.3, 0.4) is 0 Å². The maximum absolute atomic E-state index is 13.1. The first-order chi connectivity index (χ1) is 16.2. The summed E-state index contributed by atoms with van der Waals surface area (Å²) >= 11 is 0. The van der Waals surface area contributed by atoms with Crippen molar-refractivity contribution in [1.29, 1.82) is 0 Å². The number of aromatic nitrogens is 3. The van der Waals surface area contributed by atoms with Gasteiger partial charge in [-0.25, -0.2) is 9.78 Å². The van der Waals surface area contributed by atoms with Gasteiger partial charge in [0.25, 0.3) is 0 Å². The number of rotatable bonds is 10. The van der Waals surface area contributed by atoms with Gasteiger partial charge in [-0.2, -0.15) is 0 Å². The van der Waals surface area contributed by atoms with Crippen LogP contribution in [0.2, 0.25) is 0 Å². The normalized spacial score (nSPS) is 11.2. The molecule has 33 heavy (non-hydrogen) atoms. The van der Waals surface area contributed by atoms with E-state index in [0.717, 1.165) is 34.3 Å². The number of methoxy groups -OCH3 is 2. The highest BCUT2D eigenvalue weighted by atomic mass is 16.5. The van der Waals surface area contributed by atoms with E-state index in [-0.39, 0.29) is 6.03 Å². The third kappa shape index (κ3) is 5.32. The molecule has 0 radical (unpaired) electrons. The Bertz CT molecular complexity index is 1210. The topological polar surface area (TPSA) is 70.3 Å². The fraction of sp³-hybridized carbons (Fsp3) is 0.308. The number of imidazole rings is 1. The Morgan fingerprint density at radius 1 is 1.03 bits per heavy atom. The minimum atomic E-state index is -0.143.